The zero-order valence-corrected chi connectivity index (χ0v) is 15.3. The third-order valence-corrected chi connectivity index (χ3v) is 4.54. The van der Waals surface area contributed by atoms with E-state index in [0.29, 0.717) is 16.5 Å². The Labute approximate surface area is 159 Å². The number of amides is 1. The summed E-state index contributed by atoms with van der Waals surface area (Å²) < 4.78 is 13.3. The Morgan fingerprint density at radius 1 is 1.19 bits per heavy atom. The summed E-state index contributed by atoms with van der Waals surface area (Å²) in [5.74, 6) is -0.0866. The van der Waals surface area contributed by atoms with Gasteiger partial charge in [0.25, 0.3) is 0 Å². The van der Waals surface area contributed by atoms with E-state index in [1.165, 1.54) is 30.0 Å². The molecule has 5 nitrogen and oxygen atoms in total. The number of aryl methyl sites for hydroxylation is 1. The van der Waals surface area contributed by atoms with Gasteiger partial charge >= 0.3 is 0 Å². The highest BCUT2D eigenvalue weighted by Gasteiger charge is 2.10. The first-order chi connectivity index (χ1) is 12.5. The molecular formula is C18H14ClFN4OS. The smallest absolute Gasteiger partial charge is 0.234 e. The van der Waals surface area contributed by atoms with Crippen molar-refractivity contribution in [1.29, 1.82) is 0 Å². The molecule has 0 atom stereocenters. The minimum atomic E-state index is -0.469. The second-order valence-electron chi connectivity index (χ2n) is 5.31. The molecule has 2 aromatic heterocycles. The molecule has 1 aromatic carbocycles. The maximum atomic E-state index is 13.3. The van der Waals surface area contributed by atoms with Gasteiger partial charge in [-0.05, 0) is 43.3 Å². The number of pyridine rings is 1. The molecule has 26 heavy (non-hydrogen) atoms. The van der Waals surface area contributed by atoms with Gasteiger partial charge in [-0.25, -0.2) is 14.4 Å². The van der Waals surface area contributed by atoms with Gasteiger partial charge in [0.2, 0.25) is 5.91 Å². The van der Waals surface area contributed by atoms with Crippen LogP contribution in [0.1, 0.15) is 5.82 Å². The van der Waals surface area contributed by atoms with Gasteiger partial charge in [0.05, 0.1) is 27.9 Å². The van der Waals surface area contributed by atoms with Gasteiger partial charge in [-0.1, -0.05) is 29.4 Å². The number of hydrogen-bond acceptors (Lipinski definition) is 5. The molecule has 0 saturated heterocycles. The summed E-state index contributed by atoms with van der Waals surface area (Å²) in [4.78, 5) is 25.1. The lowest BCUT2D eigenvalue weighted by Crippen LogP contribution is -2.14. The van der Waals surface area contributed by atoms with Crippen LogP contribution in [0.15, 0.2) is 53.7 Å². The Kier molecular flexibility index (Phi) is 5.80. The van der Waals surface area contributed by atoms with Crippen molar-refractivity contribution in [3.63, 3.8) is 0 Å². The summed E-state index contributed by atoms with van der Waals surface area (Å²) in [6.45, 7) is 1.78. The number of carbonyl (C=O) groups is 1. The van der Waals surface area contributed by atoms with E-state index in [2.05, 4.69) is 20.3 Å². The van der Waals surface area contributed by atoms with Gasteiger partial charge in [0, 0.05) is 6.20 Å². The van der Waals surface area contributed by atoms with E-state index in [1.807, 2.05) is 18.2 Å². The van der Waals surface area contributed by atoms with Crippen molar-refractivity contribution < 1.29 is 9.18 Å². The molecule has 0 saturated carbocycles. The van der Waals surface area contributed by atoms with Crippen molar-refractivity contribution in [3.8, 4) is 11.4 Å². The summed E-state index contributed by atoms with van der Waals surface area (Å²) in [7, 11) is 0. The van der Waals surface area contributed by atoms with Crippen LogP contribution >= 0.6 is 23.4 Å². The van der Waals surface area contributed by atoms with Crippen LogP contribution in [0, 0.1) is 12.7 Å². The molecule has 3 rings (SSSR count). The fourth-order valence-corrected chi connectivity index (χ4v) is 3.09. The number of thioether (sulfide) groups is 1. The van der Waals surface area contributed by atoms with E-state index in [1.54, 1.807) is 19.2 Å². The van der Waals surface area contributed by atoms with Crippen LogP contribution in [0.3, 0.4) is 0 Å². The Hall–Kier alpha value is -2.51. The van der Waals surface area contributed by atoms with Crippen LogP contribution in [-0.4, -0.2) is 26.6 Å². The fraction of sp³-hybridized carbons (Fsp3) is 0.111. The van der Waals surface area contributed by atoms with Crippen LogP contribution in [0.4, 0.5) is 10.1 Å². The summed E-state index contributed by atoms with van der Waals surface area (Å²) in [5.41, 5.74) is 1.66. The number of rotatable bonds is 5. The van der Waals surface area contributed by atoms with Gasteiger partial charge in [0.15, 0.2) is 0 Å². The topological polar surface area (TPSA) is 67.8 Å². The van der Waals surface area contributed by atoms with Crippen molar-refractivity contribution in [2.24, 2.45) is 0 Å². The number of aromatic nitrogens is 3. The Balaban J connectivity index is 1.68. The normalized spacial score (nSPS) is 10.6. The lowest BCUT2D eigenvalue weighted by atomic mass is 10.2. The monoisotopic (exact) mass is 388 g/mol. The molecule has 8 heteroatoms. The lowest BCUT2D eigenvalue weighted by molar-refractivity contribution is -0.113. The molecule has 0 aliphatic rings. The van der Waals surface area contributed by atoms with E-state index >= 15 is 0 Å². The van der Waals surface area contributed by atoms with Gasteiger partial charge in [-0.3, -0.25) is 9.78 Å². The molecular weight excluding hydrogens is 375 g/mol. The maximum absolute atomic E-state index is 13.3. The highest BCUT2D eigenvalue weighted by Crippen LogP contribution is 2.24. The van der Waals surface area contributed by atoms with Crippen molar-refractivity contribution in [2.45, 2.75) is 11.9 Å². The second kappa shape index (κ2) is 8.25. The summed E-state index contributed by atoms with van der Waals surface area (Å²) in [5, 5.41) is 3.52. The Morgan fingerprint density at radius 2 is 2.04 bits per heavy atom. The third kappa shape index (κ3) is 4.77. The molecule has 0 unspecified atom stereocenters. The number of hydrogen-bond donors (Lipinski definition) is 1. The largest absolute Gasteiger partial charge is 0.324 e. The first-order valence-electron chi connectivity index (χ1n) is 7.66. The molecule has 0 radical (unpaired) electrons. The molecule has 0 spiro atoms. The maximum Gasteiger partial charge on any atom is 0.234 e. The van der Waals surface area contributed by atoms with E-state index in [4.69, 9.17) is 11.6 Å². The van der Waals surface area contributed by atoms with E-state index in [0.717, 1.165) is 5.69 Å². The van der Waals surface area contributed by atoms with E-state index < -0.39 is 5.82 Å². The molecule has 132 valence electrons. The van der Waals surface area contributed by atoms with Crippen molar-refractivity contribution in [3.05, 3.63) is 65.3 Å². The SMILES string of the molecule is Cc1nc(SCC(=O)Nc2cc(F)ccc2Cl)cc(-c2ccccn2)n1. The zero-order chi connectivity index (χ0) is 18.5. The van der Waals surface area contributed by atoms with E-state index in [9.17, 15) is 9.18 Å². The van der Waals surface area contributed by atoms with Gasteiger partial charge < -0.3 is 5.32 Å². The number of nitrogens with zero attached hydrogens (tertiary/aromatic N) is 3. The predicted molar refractivity (Wildman–Crippen MR) is 101 cm³/mol. The average Bonchev–Trinajstić information content (AvgIpc) is 2.63. The highest BCUT2D eigenvalue weighted by atomic mass is 35.5. The summed E-state index contributed by atoms with van der Waals surface area (Å²) in [6.07, 6.45) is 1.69. The first-order valence-corrected chi connectivity index (χ1v) is 9.02. The number of benzene rings is 1. The minimum absolute atomic E-state index is 0.102. The number of nitrogens with one attached hydrogen (secondary N) is 1. The van der Waals surface area contributed by atoms with Crippen LogP contribution < -0.4 is 5.32 Å². The Morgan fingerprint density at radius 3 is 2.81 bits per heavy atom. The molecule has 0 bridgehead atoms. The van der Waals surface area contributed by atoms with Crippen LogP contribution in [0.5, 0.6) is 0 Å². The number of halogens is 2. The predicted octanol–water partition coefficient (Wildman–Crippen LogP) is 4.37. The van der Waals surface area contributed by atoms with Crippen LogP contribution in [0.2, 0.25) is 5.02 Å². The second-order valence-corrected chi connectivity index (χ2v) is 6.72. The third-order valence-electron chi connectivity index (χ3n) is 3.30. The van der Waals surface area contributed by atoms with Crippen molar-refractivity contribution in [2.75, 3.05) is 11.1 Å². The quantitative estimate of drug-likeness (QED) is 0.519. The first kappa shape index (κ1) is 18.3. The van der Waals surface area contributed by atoms with Gasteiger partial charge in [0.1, 0.15) is 16.7 Å². The Bertz CT molecular complexity index is 940. The molecule has 2 heterocycles. The van der Waals surface area contributed by atoms with Crippen molar-refractivity contribution >= 4 is 35.0 Å². The zero-order valence-electron chi connectivity index (χ0n) is 13.7. The molecule has 3 aromatic rings. The minimum Gasteiger partial charge on any atom is -0.324 e. The molecule has 0 aliphatic carbocycles. The average molecular weight is 389 g/mol. The summed E-state index contributed by atoms with van der Waals surface area (Å²) >= 11 is 7.20. The molecule has 1 N–H and O–H groups in total. The van der Waals surface area contributed by atoms with Gasteiger partial charge in [-0.15, -0.1) is 0 Å². The van der Waals surface area contributed by atoms with Crippen molar-refractivity contribution in [1.82, 2.24) is 15.0 Å². The lowest BCUT2D eigenvalue weighted by Gasteiger charge is -2.08. The standard InChI is InChI=1S/C18H14ClFN4OS/c1-11-22-16(14-4-2-3-7-21-14)9-18(23-11)26-10-17(25)24-15-8-12(20)5-6-13(15)19/h2-9H,10H2,1H3,(H,24,25). The molecule has 0 aliphatic heterocycles. The molecule has 1 amide bonds. The van der Waals surface area contributed by atoms with Gasteiger partial charge in [-0.2, -0.15) is 0 Å². The van der Waals surface area contributed by atoms with E-state index in [-0.39, 0.29) is 22.4 Å². The summed E-state index contributed by atoms with van der Waals surface area (Å²) in [6, 6.07) is 11.1. The number of anilines is 1. The number of carbonyl (C=O) groups excluding carboxylic acids is 1. The molecule has 0 fully saturated rings. The highest BCUT2D eigenvalue weighted by molar-refractivity contribution is 7.99. The van der Waals surface area contributed by atoms with Crippen LogP contribution in [-0.2, 0) is 4.79 Å². The van der Waals surface area contributed by atoms with Crippen LogP contribution in [0.25, 0.3) is 11.4 Å². The fourth-order valence-electron chi connectivity index (χ4n) is 2.18.